The number of hydrogen-bond donors (Lipinski definition) is 2. The van der Waals surface area contributed by atoms with Crippen molar-refractivity contribution in [3.8, 4) is 0 Å². The van der Waals surface area contributed by atoms with Gasteiger partial charge in [-0.15, -0.1) is 0 Å². The summed E-state index contributed by atoms with van der Waals surface area (Å²) in [5.74, 6) is 0.769. The summed E-state index contributed by atoms with van der Waals surface area (Å²) in [6.45, 7) is 4.47. The molecule has 0 radical (unpaired) electrons. The van der Waals surface area contributed by atoms with Crippen LogP contribution in [-0.4, -0.2) is 25.5 Å². The summed E-state index contributed by atoms with van der Waals surface area (Å²) < 4.78 is 5.31. The molecule has 5 nitrogen and oxygen atoms in total. The fourth-order valence-electron chi connectivity index (χ4n) is 2.82. The zero-order valence-corrected chi connectivity index (χ0v) is 13.4. The molecule has 2 heterocycles. The van der Waals surface area contributed by atoms with Crippen LogP contribution in [0.25, 0.3) is 0 Å². The Labute approximate surface area is 136 Å². The summed E-state index contributed by atoms with van der Waals surface area (Å²) in [4.78, 5) is 14.4. The third-order valence-corrected chi connectivity index (χ3v) is 4.16. The van der Waals surface area contributed by atoms with E-state index in [1.165, 1.54) is 18.5 Å². The molecule has 0 spiro atoms. The maximum absolute atomic E-state index is 12.0. The molecular formula is C18H23N3O2. The van der Waals surface area contributed by atoms with Crippen molar-refractivity contribution in [3.63, 3.8) is 0 Å². The molecule has 1 aliphatic heterocycles. The van der Waals surface area contributed by atoms with Crippen LogP contribution in [0, 0.1) is 0 Å². The molecule has 1 saturated heterocycles. The minimum Gasteiger partial charge on any atom is -0.468 e. The Morgan fingerprint density at radius 3 is 2.61 bits per heavy atom. The Morgan fingerprint density at radius 1 is 1.22 bits per heavy atom. The van der Waals surface area contributed by atoms with Crippen LogP contribution in [0.15, 0.2) is 47.1 Å². The van der Waals surface area contributed by atoms with Gasteiger partial charge in [-0.2, -0.15) is 0 Å². The van der Waals surface area contributed by atoms with Crippen LogP contribution in [0.1, 0.15) is 31.6 Å². The predicted molar refractivity (Wildman–Crippen MR) is 91.6 cm³/mol. The molecule has 1 aromatic carbocycles. The Balaban J connectivity index is 1.47. The zero-order valence-electron chi connectivity index (χ0n) is 13.4. The number of benzene rings is 1. The fourth-order valence-corrected chi connectivity index (χ4v) is 2.82. The molecule has 0 unspecified atom stereocenters. The molecule has 1 fully saturated rings. The van der Waals surface area contributed by atoms with E-state index in [2.05, 4.69) is 27.7 Å². The van der Waals surface area contributed by atoms with Crippen LogP contribution in [0.3, 0.4) is 0 Å². The monoisotopic (exact) mass is 313 g/mol. The normalized spacial score (nSPS) is 15.6. The molecule has 2 N–H and O–H groups in total. The first-order valence-electron chi connectivity index (χ1n) is 8.14. The second kappa shape index (κ2) is 7.33. The van der Waals surface area contributed by atoms with Crippen molar-refractivity contribution in [2.45, 2.75) is 25.8 Å². The Kier molecular flexibility index (Phi) is 4.98. The van der Waals surface area contributed by atoms with Gasteiger partial charge < -0.3 is 14.6 Å². The standard InChI is InChI=1S/C18H23N3O2/c1-14(17-5-4-12-23-17)19-13-18(22)20-15-6-8-16(9-7-15)21-10-2-3-11-21/h4-9,12,14,19H,2-3,10-11,13H2,1H3,(H,20,22)/t14-/m1/s1. The minimum absolute atomic E-state index is 0.00768. The number of rotatable bonds is 6. The van der Waals surface area contributed by atoms with Gasteiger partial charge in [-0.3, -0.25) is 10.1 Å². The van der Waals surface area contributed by atoms with E-state index >= 15 is 0 Å². The van der Waals surface area contributed by atoms with Gasteiger partial charge in [0.15, 0.2) is 0 Å². The number of nitrogens with zero attached hydrogens (tertiary/aromatic N) is 1. The van der Waals surface area contributed by atoms with Gasteiger partial charge in [-0.1, -0.05) is 0 Å². The lowest BCUT2D eigenvalue weighted by Gasteiger charge is -2.18. The smallest absolute Gasteiger partial charge is 0.238 e. The van der Waals surface area contributed by atoms with Crippen molar-refractivity contribution < 1.29 is 9.21 Å². The first-order valence-corrected chi connectivity index (χ1v) is 8.14. The average molecular weight is 313 g/mol. The molecule has 5 heteroatoms. The highest BCUT2D eigenvalue weighted by molar-refractivity contribution is 5.92. The van der Waals surface area contributed by atoms with E-state index in [0.29, 0.717) is 0 Å². The average Bonchev–Trinajstić information content (AvgIpc) is 3.26. The minimum atomic E-state index is -0.0580. The van der Waals surface area contributed by atoms with Gasteiger partial charge in [0.25, 0.3) is 0 Å². The number of amides is 1. The van der Waals surface area contributed by atoms with Gasteiger partial charge in [-0.05, 0) is 56.2 Å². The van der Waals surface area contributed by atoms with Gasteiger partial charge in [0.2, 0.25) is 5.91 Å². The van der Waals surface area contributed by atoms with Gasteiger partial charge in [0.05, 0.1) is 18.8 Å². The van der Waals surface area contributed by atoms with E-state index in [4.69, 9.17) is 4.42 Å². The molecule has 1 aliphatic rings. The summed E-state index contributed by atoms with van der Waals surface area (Å²) in [5, 5.41) is 6.06. The molecule has 0 saturated carbocycles. The van der Waals surface area contributed by atoms with Crippen LogP contribution in [-0.2, 0) is 4.79 Å². The summed E-state index contributed by atoms with van der Waals surface area (Å²) in [6.07, 6.45) is 4.16. The third kappa shape index (κ3) is 4.13. The molecule has 122 valence electrons. The SMILES string of the molecule is C[C@@H](NCC(=O)Nc1ccc(N2CCCC2)cc1)c1ccco1. The number of anilines is 2. The summed E-state index contributed by atoms with van der Waals surface area (Å²) in [6, 6.07) is 11.8. The molecule has 1 atom stereocenters. The van der Waals surface area contributed by atoms with Crippen molar-refractivity contribution in [1.82, 2.24) is 5.32 Å². The second-order valence-corrected chi connectivity index (χ2v) is 5.91. The zero-order chi connectivity index (χ0) is 16.1. The molecule has 0 aliphatic carbocycles. The van der Waals surface area contributed by atoms with Gasteiger partial charge in [-0.25, -0.2) is 0 Å². The maximum atomic E-state index is 12.0. The van der Waals surface area contributed by atoms with Crippen molar-refractivity contribution >= 4 is 17.3 Å². The van der Waals surface area contributed by atoms with E-state index in [9.17, 15) is 4.79 Å². The van der Waals surface area contributed by atoms with Gasteiger partial charge in [0.1, 0.15) is 5.76 Å². The highest BCUT2D eigenvalue weighted by Gasteiger charge is 2.13. The fraction of sp³-hybridized carbons (Fsp3) is 0.389. The largest absolute Gasteiger partial charge is 0.468 e. The summed E-state index contributed by atoms with van der Waals surface area (Å²) in [7, 11) is 0. The van der Waals surface area contributed by atoms with E-state index < -0.39 is 0 Å². The molecule has 2 aromatic rings. The number of carbonyl (C=O) groups is 1. The van der Waals surface area contributed by atoms with Crippen LogP contribution in [0.5, 0.6) is 0 Å². The molecule has 3 rings (SSSR count). The summed E-state index contributed by atoms with van der Waals surface area (Å²) >= 11 is 0. The van der Waals surface area contributed by atoms with E-state index in [0.717, 1.165) is 24.5 Å². The van der Waals surface area contributed by atoms with Crippen LogP contribution in [0.4, 0.5) is 11.4 Å². The van der Waals surface area contributed by atoms with Crippen molar-refractivity contribution in [2.75, 3.05) is 29.9 Å². The molecule has 1 amide bonds. The molecule has 1 aromatic heterocycles. The number of hydrogen-bond acceptors (Lipinski definition) is 4. The topological polar surface area (TPSA) is 57.5 Å². The first-order chi connectivity index (χ1) is 11.2. The van der Waals surface area contributed by atoms with Crippen LogP contribution >= 0.6 is 0 Å². The van der Waals surface area contributed by atoms with Crippen LogP contribution < -0.4 is 15.5 Å². The number of furan rings is 1. The highest BCUT2D eigenvalue weighted by Crippen LogP contribution is 2.22. The Morgan fingerprint density at radius 2 is 1.96 bits per heavy atom. The lowest BCUT2D eigenvalue weighted by molar-refractivity contribution is -0.115. The molecular weight excluding hydrogens is 290 g/mol. The highest BCUT2D eigenvalue weighted by atomic mass is 16.3. The lowest BCUT2D eigenvalue weighted by Crippen LogP contribution is -2.30. The van der Waals surface area contributed by atoms with Crippen molar-refractivity contribution in [1.29, 1.82) is 0 Å². The quantitative estimate of drug-likeness (QED) is 0.860. The van der Waals surface area contributed by atoms with Gasteiger partial charge in [0, 0.05) is 24.5 Å². The van der Waals surface area contributed by atoms with Crippen molar-refractivity contribution in [2.24, 2.45) is 0 Å². The number of nitrogens with one attached hydrogen (secondary N) is 2. The predicted octanol–water partition coefficient (Wildman–Crippen LogP) is 3.17. The first kappa shape index (κ1) is 15.6. The Hall–Kier alpha value is -2.27. The maximum Gasteiger partial charge on any atom is 0.238 e. The summed E-state index contributed by atoms with van der Waals surface area (Å²) in [5.41, 5.74) is 2.05. The Bertz CT molecular complexity index is 616. The number of carbonyl (C=O) groups excluding carboxylic acids is 1. The second-order valence-electron chi connectivity index (χ2n) is 5.91. The lowest BCUT2D eigenvalue weighted by atomic mass is 10.2. The van der Waals surface area contributed by atoms with Crippen LogP contribution in [0.2, 0.25) is 0 Å². The van der Waals surface area contributed by atoms with E-state index in [-0.39, 0.29) is 18.5 Å². The van der Waals surface area contributed by atoms with Gasteiger partial charge >= 0.3 is 0 Å². The molecule has 0 bridgehead atoms. The van der Waals surface area contributed by atoms with E-state index in [1.807, 2.05) is 31.2 Å². The third-order valence-electron chi connectivity index (χ3n) is 4.16. The molecule has 23 heavy (non-hydrogen) atoms. The van der Waals surface area contributed by atoms with Crippen molar-refractivity contribution in [3.05, 3.63) is 48.4 Å². The van der Waals surface area contributed by atoms with E-state index in [1.54, 1.807) is 6.26 Å².